The molecule has 0 radical (unpaired) electrons. The number of para-hydroxylation sites is 2. The van der Waals surface area contributed by atoms with Gasteiger partial charge in [-0.3, -0.25) is 0 Å². The Morgan fingerprint density at radius 2 is 0.448 bits per heavy atom. The van der Waals surface area contributed by atoms with Crippen molar-refractivity contribution in [3.63, 3.8) is 0 Å². The maximum Gasteiger partial charge on any atom is 0.143 e. The molecule has 0 aliphatic heterocycles. The number of hydrogen-bond donors (Lipinski definition) is 0. The van der Waals surface area contributed by atoms with Crippen molar-refractivity contribution in [3.8, 4) is 33.4 Å². The number of anilines is 9. The molecule has 30 rings (SSSR count). The number of nitrogens with zero attached hydrogens (tertiary/aromatic N) is 3. The largest absolute Gasteiger partial charge is 0.456 e. The zero-order valence-corrected chi connectivity index (χ0v) is 77.4. The number of fused-ring (bicyclic) bond motifs is 27. The molecule has 0 aliphatic rings. The Morgan fingerprint density at radius 1 is 0.161 bits per heavy atom. The van der Waals surface area contributed by atoms with Gasteiger partial charge in [0.2, 0.25) is 0 Å². The number of furan rings is 6. The van der Waals surface area contributed by atoms with E-state index >= 15 is 0 Å². The zero-order valence-electron chi connectivity index (χ0n) is 76.7. The van der Waals surface area contributed by atoms with Gasteiger partial charge in [0, 0.05) is 162 Å². The van der Waals surface area contributed by atoms with Gasteiger partial charge in [-0.1, -0.05) is 291 Å². The maximum atomic E-state index is 14.1. The lowest BCUT2D eigenvalue weighted by Gasteiger charge is -2.27. The summed E-state index contributed by atoms with van der Waals surface area (Å²) in [6.07, 6.45) is 0. The smallest absolute Gasteiger partial charge is 0.143 e. The first-order chi connectivity index (χ1) is 70.6. The van der Waals surface area contributed by atoms with Crippen LogP contribution in [-0.4, -0.2) is 0 Å². The molecule has 0 fully saturated rings. The van der Waals surface area contributed by atoms with E-state index in [1.54, 1.807) is 6.07 Å². The molecule has 0 aliphatic carbocycles. The van der Waals surface area contributed by atoms with Gasteiger partial charge in [-0.25, -0.2) is 4.39 Å². The molecule has 672 valence electrons. The van der Waals surface area contributed by atoms with E-state index in [0.29, 0.717) is 16.2 Å². The summed E-state index contributed by atoms with van der Waals surface area (Å²) in [6.45, 7) is 0. The fraction of sp³-hybridized carbons (Fsp3) is 0. The van der Waals surface area contributed by atoms with Crippen LogP contribution in [-0.2, 0) is 0 Å². The third-order valence-electron chi connectivity index (χ3n) is 28.4. The molecular weight excluding hydrogens is 1780 g/mol. The second kappa shape index (κ2) is 33.6. The molecule has 6 heterocycles. The summed E-state index contributed by atoms with van der Waals surface area (Å²) in [4.78, 5) is 6.92. The van der Waals surface area contributed by atoms with Crippen LogP contribution in [0.2, 0.25) is 5.02 Å². The molecule has 0 atom stereocenters. The molecule has 0 saturated carbocycles. The van der Waals surface area contributed by atoms with Crippen LogP contribution in [0.3, 0.4) is 0 Å². The first-order valence-electron chi connectivity index (χ1n) is 48.0. The van der Waals surface area contributed by atoms with Gasteiger partial charge in [0.05, 0.1) is 17.1 Å². The monoisotopic (exact) mass is 1860 g/mol. The van der Waals surface area contributed by atoms with Gasteiger partial charge in [0.15, 0.2) is 0 Å². The molecular formula is C132H79ClFN3O6. The Balaban J connectivity index is 0.000000107. The number of rotatable bonds is 12. The Bertz CT molecular complexity index is 10100. The fourth-order valence-electron chi connectivity index (χ4n) is 21.8. The minimum Gasteiger partial charge on any atom is -0.456 e. The van der Waals surface area contributed by atoms with E-state index in [0.717, 1.165) is 221 Å². The minimum absolute atomic E-state index is 0.280. The van der Waals surface area contributed by atoms with Gasteiger partial charge in [0.25, 0.3) is 0 Å². The molecule has 0 unspecified atom stereocenters. The maximum absolute atomic E-state index is 14.1. The highest BCUT2D eigenvalue weighted by Gasteiger charge is 2.28. The van der Waals surface area contributed by atoms with E-state index in [9.17, 15) is 4.39 Å². The second-order valence-corrected chi connectivity index (χ2v) is 37.1. The van der Waals surface area contributed by atoms with Gasteiger partial charge in [-0.15, -0.1) is 0 Å². The van der Waals surface area contributed by atoms with Crippen LogP contribution in [0, 0.1) is 5.82 Å². The normalized spacial score (nSPS) is 11.8. The molecule has 11 heteroatoms. The lowest BCUT2D eigenvalue weighted by atomic mass is 9.95. The minimum atomic E-state index is -0.280. The van der Waals surface area contributed by atoms with Crippen LogP contribution < -0.4 is 14.7 Å². The van der Waals surface area contributed by atoms with Crippen LogP contribution in [0.5, 0.6) is 0 Å². The fourth-order valence-corrected chi connectivity index (χ4v) is 21.9. The first-order valence-corrected chi connectivity index (χ1v) is 48.3. The highest BCUT2D eigenvalue weighted by atomic mass is 35.5. The number of halogens is 2. The molecule has 6 aromatic heterocycles. The molecule has 0 bridgehead atoms. The molecule has 143 heavy (non-hydrogen) atoms. The molecule has 0 N–H and O–H groups in total. The average Bonchev–Trinajstić information content (AvgIpc) is 1.73. The van der Waals surface area contributed by atoms with Crippen molar-refractivity contribution in [1.82, 2.24) is 0 Å². The van der Waals surface area contributed by atoms with Crippen LogP contribution in [0.4, 0.5) is 55.6 Å². The van der Waals surface area contributed by atoms with Crippen molar-refractivity contribution in [3.05, 3.63) is 490 Å². The zero-order chi connectivity index (χ0) is 94.4. The van der Waals surface area contributed by atoms with Crippen LogP contribution in [0.1, 0.15) is 0 Å². The Morgan fingerprint density at radius 3 is 0.860 bits per heavy atom. The summed E-state index contributed by atoms with van der Waals surface area (Å²) in [5.74, 6) is -0.280. The van der Waals surface area contributed by atoms with Crippen molar-refractivity contribution >= 4 is 259 Å². The van der Waals surface area contributed by atoms with E-state index < -0.39 is 0 Å². The Hall–Kier alpha value is -18.7. The lowest BCUT2D eigenvalue weighted by molar-refractivity contribution is 0.626. The average molecular weight is 1860 g/mol. The van der Waals surface area contributed by atoms with Crippen LogP contribution >= 0.6 is 11.6 Å². The van der Waals surface area contributed by atoms with Gasteiger partial charge in [0.1, 0.15) is 72.8 Å². The molecule has 24 aromatic carbocycles. The first kappa shape index (κ1) is 82.5. The SMILES string of the molecule is Clc1ccc2oc3cc(N(c4ccc5c(c4)oc4ccccc45)c4cc5ccccc5c5ccccc45)ccc3c2c1.Fc1ccc2oc3cc(N(c4ccc5c(c4)oc4ccccc45)c4cc5ccccc5c5ccccc45)ccc3c2c1.c1ccc(-c2ccc3c(c2)oc2cc(N(c4ccc5c(c4)oc4c(-c6ccccc6)cc(-c6ccccc6)cc45)c4cc5ccccc5c5ccccc45)ccc23)cc1. The quantitative estimate of drug-likeness (QED) is 0.111. The molecule has 9 nitrogen and oxygen atoms in total. The molecule has 0 spiro atoms. The second-order valence-electron chi connectivity index (χ2n) is 36.7. The summed E-state index contributed by atoms with van der Waals surface area (Å²) in [5.41, 5.74) is 25.7. The van der Waals surface area contributed by atoms with Crippen molar-refractivity contribution in [2.45, 2.75) is 0 Å². The van der Waals surface area contributed by atoms with Gasteiger partial charge >= 0.3 is 0 Å². The Kier molecular flexibility index (Phi) is 19.4. The molecule has 30 aromatic rings. The predicted molar refractivity (Wildman–Crippen MR) is 593 cm³/mol. The van der Waals surface area contributed by atoms with Crippen molar-refractivity contribution in [2.24, 2.45) is 0 Å². The highest BCUT2D eigenvalue weighted by molar-refractivity contribution is 6.32. The van der Waals surface area contributed by atoms with Crippen molar-refractivity contribution < 1.29 is 30.9 Å². The summed E-state index contributed by atoms with van der Waals surface area (Å²) < 4.78 is 53.0. The van der Waals surface area contributed by atoms with E-state index in [-0.39, 0.29) is 5.82 Å². The highest BCUT2D eigenvalue weighted by Crippen LogP contribution is 2.52. The van der Waals surface area contributed by atoms with Crippen molar-refractivity contribution in [2.75, 3.05) is 14.7 Å². The van der Waals surface area contributed by atoms with Crippen LogP contribution in [0.15, 0.2) is 506 Å². The summed E-state index contributed by atoms with van der Waals surface area (Å²) >= 11 is 6.34. The Labute approximate surface area is 822 Å². The summed E-state index contributed by atoms with van der Waals surface area (Å²) in [6, 6.07) is 166. The predicted octanol–water partition coefficient (Wildman–Crippen LogP) is 39.6. The third kappa shape index (κ3) is 14.1. The molecule has 0 amide bonds. The summed E-state index contributed by atoms with van der Waals surface area (Å²) in [7, 11) is 0. The standard InChI is InChI=1S/C56H35NO2.C38H22ClNO2.C38H22FNO2/c1-4-14-36(15-5-1)39-24-27-47-48-28-25-42(34-54(48)58-53(47)33-39)57(52-32-40-20-10-11-21-44(40)45-22-12-13-23-46(45)52)43-26-29-49-51-31-41(37-16-6-2-7-17-37)30-50(38-18-8-3-9-19-38)56(51)59-55(49)35-43;2*39-24-13-18-36-33(20-24)32-17-15-26(22-38(32)42-36)40(25-14-16-31-30-11-5-6-12-35(30)41-37(31)21-25)34-19-23-7-1-2-8-27(23)28-9-3-4-10-29(28)34/h1-35H;2*1-22H. The summed E-state index contributed by atoms with van der Waals surface area (Å²) in [5, 5.41) is 27.3. The topological polar surface area (TPSA) is 88.6 Å². The van der Waals surface area contributed by atoms with E-state index in [4.69, 9.17) is 38.1 Å². The van der Waals surface area contributed by atoms with E-state index in [2.05, 4.69) is 409 Å². The number of benzene rings is 24. The van der Waals surface area contributed by atoms with Gasteiger partial charge in [-0.05, 0) is 240 Å². The lowest BCUT2D eigenvalue weighted by Crippen LogP contribution is -2.10. The van der Waals surface area contributed by atoms with Crippen molar-refractivity contribution in [1.29, 1.82) is 0 Å². The van der Waals surface area contributed by atoms with Gasteiger partial charge in [-0.2, -0.15) is 0 Å². The third-order valence-corrected chi connectivity index (χ3v) is 28.6. The van der Waals surface area contributed by atoms with Crippen LogP contribution in [0.25, 0.3) is 230 Å². The van der Waals surface area contributed by atoms with Gasteiger partial charge < -0.3 is 41.2 Å². The number of hydrogen-bond acceptors (Lipinski definition) is 9. The van der Waals surface area contributed by atoms with E-state index in [1.807, 2.05) is 66.7 Å². The van der Waals surface area contributed by atoms with E-state index in [1.165, 1.54) is 60.8 Å². The molecule has 0 saturated heterocycles.